The largest absolute Gasteiger partial charge is 0.347 e. The topological polar surface area (TPSA) is 42.0 Å². The predicted octanol–water partition coefficient (Wildman–Crippen LogP) is 4.96. The van der Waals surface area contributed by atoms with Gasteiger partial charge in [0.2, 0.25) is 0 Å². The van der Waals surface area contributed by atoms with E-state index in [1.54, 1.807) is 29.3 Å². The molecule has 1 aromatic carbocycles. The van der Waals surface area contributed by atoms with Crippen LogP contribution in [-0.4, -0.2) is 22.4 Å². The Morgan fingerprint density at radius 1 is 1.00 bits per heavy atom. The molecule has 0 unspecified atom stereocenters. The summed E-state index contributed by atoms with van der Waals surface area (Å²) in [5.74, 6) is 1.81. The van der Waals surface area contributed by atoms with Gasteiger partial charge in [-0.2, -0.15) is 0 Å². The fraction of sp³-hybridized carbons (Fsp3) is 0.158. The molecule has 2 aromatic heterocycles. The summed E-state index contributed by atoms with van der Waals surface area (Å²) in [6.07, 6.45) is 1.74. The predicted molar refractivity (Wildman–Crippen MR) is 108 cm³/mol. The van der Waals surface area contributed by atoms with Crippen molar-refractivity contribution in [1.29, 1.82) is 0 Å². The Morgan fingerprint density at radius 3 is 2.64 bits per heavy atom. The summed E-state index contributed by atoms with van der Waals surface area (Å²) in [6.45, 7) is 0.555. The van der Waals surface area contributed by atoms with Gasteiger partial charge >= 0.3 is 0 Å². The van der Waals surface area contributed by atoms with Crippen molar-refractivity contribution in [2.75, 3.05) is 11.5 Å². The number of thioether (sulfide) groups is 2. The minimum Gasteiger partial charge on any atom is -0.347 e. The van der Waals surface area contributed by atoms with Crippen LogP contribution in [0.5, 0.6) is 0 Å². The van der Waals surface area contributed by atoms with Crippen molar-refractivity contribution < 1.29 is 4.79 Å². The van der Waals surface area contributed by atoms with Crippen molar-refractivity contribution in [3.8, 4) is 0 Å². The van der Waals surface area contributed by atoms with E-state index >= 15 is 0 Å². The van der Waals surface area contributed by atoms with Crippen molar-refractivity contribution in [3.05, 3.63) is 76.6 Å². The average molecular weight is 387 g/mol. The number of carbonyl (C=O) groups is 1. The highest BCUT2D eigenvalue weighted by Crippen LogP contribution is 2.24. The minimum atomic E-state index is -0.0697. The Balaban J connectivity index is 1.52. The number of rotatable bonds is 8. The Labute approximate surface area is 160 Å². The van der Waals surface area contributed by atoms with E-state index < -0.39 is 0 Å². The van der Waals surface area contributed by atoms with Gasteiger partial charge in [-0.1, -0.05) is 24.3 Å². The monoisotopic (exact) mass is 386 g/mol. The maximum atomic E-state index is 12.4. The molecule has 2 heterocycles. The Bertz CT molecular complexity index is 791. The van der Waals surface area contributed by atoms with E-state index in [0.717, 1.165) is 21.4 Å². The molecule has 3 nitrogen and oxygen atoms in total. The van der Waals surface area contributed by atoms with Crippen molar-refractivity contribution in [1.82, 2.24) is 10.3 Å². The van der Waals surface area contributed by atoms with Crippen molar-refractivity contribution in [3.63, 3.8) is 0 Å². The quantitative estimate of drug-likeness (QED) is 0.439. The number of thiophene rings is 1. The standard InChI is InChI=1S/C19H18N2OS3/c22-18(21-14-16-8-5-11-23-16)17-9-4-10-20-19(17)25-13-12-24-15-6-2-1-3-7-15/h1-11H,12-14H2,(H,21,22). The molecule has 3 aromatic rings. The van der Waals surface area contributed by atoms with E-state index in [2.05, 4.69) is 22.4 Å². The summed E-state index contributed by atoms with van der Waals surface area (Å²) in [6, 6.07) is 18.0. The number of amides is 1. The molecule has 0 aliphatic rings. The van der Waals surface area contributed by atoms with Crippen LogP contribution >= 0.6 is 34.9 Å². The van der Waals surface area contributed by atoms with Crippen LogP contribution in [0.4, 0.5) is 0 Å². The number of carbonyl (C=O) groups excluding carboxylic acids is 1. The maximum absolute atomic E-state index is 12.4. The number of pyridine rings is 1. The van der Waals surface area contributed by atoms with Gasteiger partial charge in [0.1, 0.15) is 5.03 Å². The third-order valence-corrected chi connectivity index (χ3v) is 6.51. The molecule has 3 rings (SSSR count). The van der Waals surface area contributed by atoms with Gasteiger partial charge in [0, 0.05) is 27.5 Å². The lowest BCUT2D eigenvalue weighted by molar-refractivity contribution is 0.0947. The van der Waals surface area contributed by atoms with Crippen LogP contribution in [0.3, 0.4) is 0 Å². The highest BCUT2D eigenvalue weighted by molar-refractivity contribution is 8.03. The summed E-state index contributed by atoms with van der Waals surface area (Å²) < 4.78 is 0. The normalized spacial score (nSPS) is 10.6. The summed E-state index contributed by atoms with van der Waals surface area (Å²) >= 11 is 5.08. The van der Waals surface area contributed by atoms with Gasteiger partial charge < -0.3 is 5.32 Å². The average Bonchev–Trinajstić information content (AvgIpc) is 3.18. The van der Waals surface area contributed by atoms with Gasteiger partial charge in [0.05, 0.1) is 12.1 Å². The van der Waals surface area contributed by atoms with Gasteiger partial charge in [-0.15, -0.1) is 34.9 Å². The molecule has 0 radical (unpaired) electrons. The van der Waals surface area contributed by atoms with Crippen LogP contribution in [0.2, 0.25) is 0 Å². The zero-order valence-electron chi connectivity index (χ0n) is 13.6. The van der Waals surface area contributed by atoms with Gasteiger partial charge in [0.25, 0.3) is 5.91 Å². The fourth-order valence-electron chi connectivity index (χ4n) is 2.17. The van der Waals surface area contributed by atoms with Gasteiger partial charge in [-0.05, 0) is 35.7 Å². The lowest BCUT2D eigenvalue weighted by Crippen LogP contribution is -2.23. The molecule has 0 bridgehead atoms. The number of nitrogens with zero attached hydrogens (tertiary/aromatic N) is 1. The van der Waals surface area contributed by atoms with Crippen LogP contribution < -0.4 is 5.32 Å². The Hall–Kier alpha value is -1.76. The lowest BCUT2D eigenvalue weighted by Gasteiger charge is -2.08. The summed E-state index contributed by atoms with van der Waals surface area (Å²) in [5.41, 5.74) is 0.647. The van der Waals surface area contributed by atoms with E-state index in [-0.39, 0.29) is 5.91 Å². The van der Waals surface area contributed by atoms with Crippen LogP contribution in [-0.2, 0) is 6.54 Å². The highest BCUT2D eigenvalue weighted by Gasteiger charge is 2.12. The van der Waals surface area contributed by atoms with E-state index in [9.17, 15) is 4.79 Å². The molecule has 128 valence electrons. The molecule has 0 saturated carbocycles. The van der Waals surface area contributed by atoms with Crippen molar-refractivity contribution in [2.24, 2.45) is 0 Å². The molecule has 1 amide bonds. The molecule has 0 fully saturated rings. The molecule has 0 atom stereocenters. The first kappa shape index (κ1) is 18.0. The number of nitrogens with one attached hydrogen (secondary N) is 1. The molecule has 0 aliphatic carbocycles. The summed E-state index contributed by atoms with van der Waals surface area (Å²) in [7, 11) is 0. The van der Waals surface area contributed by atoms with Gasteiger partial charge in [0.15, 0.2) is 0 Å². The molecule has 0 saturated heterocycles. The molecule has 25 heavy (non-hydrogen) atoms. The van der Waals surface area contributed by atoms with Crippen molar-refractivity contribution in [2.45, 2.75) is 16.5 Å². The molecular formula is C19H18N2OS3. The molecule has 6 heteroatoms. The van der Waals surface area contributed by atoms with Crippen LogP contribution in [0.15, 0.2) is 76.1 Å². The number of hydrogen-bond acceptors (Lipinski definition) is 5. The third kappa shape index (κ3) is 5.63. The molecular weight excluding hydrogens is 368 g/mol. The smallest absolute Gasteiger partial charge is 0.254 e. The van der Waals surface area contributed by atoms with Crippen LogP contribution in [0.1, 0.15) is 15.2 Å². The first-order valence-electron chi connectivity index (χ1n) is 7.89. The molecule has 0 spiro atoms. The third-order valence-electron chi connectivity index (χ3n) is 3.35. The number of aromatic nitrogens is 1. The first-order chi connectivity index (χ1) is 12.3. The Kier molecular flexibility index (Phi) is 6.97. The van der Waals surface area contributed by atoms with Crippen molar-refractivity contribution >= 4 is 40.8 Å². The molecule has 1 N–H and O–H groups in total. The van der Waals surface area contributed by atoms with Crippen LogP contribution in [0.25, 0.3) is 0 Å². The van der Waals surface area contributed by atoms with E-state index in [1.165, 1.54) is 4.90 Å². The maximum Gasteiger partial charge on any atom is 0.254 e. The lowest BCUT2D eigenvalue weighted by atomic mass is 10.2. The molecule has 0 aliphatic heterocycles. The zero-order chi connectivity index (χ0) is 17.3. The van der Waals surface area contributed by atoms with E-state index in [0.29, 0.717) is 12.1 Å². The zero-order valence-corrected chi connectivity index (χ0v) is 16.0. The van der Waals surface area contributed by atoms with Gasteiger partial charge in [-0.25, -0.2) is 4.98 Å². The number of benzene rings is 1. The Morgan fingerprint density at radius 2 is 1.84 bits per heavy atom. The second-order valence-electron chi connectivity index (χ2n) is 5.13. The second-order valence-corrected chi connectivity index (χ2v) is 8.41. The van der Waals surface area contributed by atoms with E-state index in [1.807, 2.05) is 59.6 Å². The van der Waals surface area contributed by atoms with Gasteiger partial charge in [-0.3, -0.25) is 4.79 Å². The summed E-state index contributed by atoms with van der Waals surface area (Å²) in [4.78, 5) is 19.2. The minimum absolute atomic E-state index is 0.0697. The highest BCUT2D eigenvalue weighted by atomic mass is 32.2. The van der Waals surface area contributed by atoms with Crippen LogP contribution in [0, 0.1) is 0 Å². The number of hydrogen-bond donors (Lipinski definition) is 1. The fourth-order valence-corrected chi connectivity index (χ4v) is 4.71. The summed E-state index contributed by atoms with van der Waals surface area (Å²) in [5, 5.41) is 5.77. The second kappa shape index (κ2) is 9.65. The SMILES string of the molecule is O=C(NCc1cccs1)c1cccnc1SCCSc1ccccc1. The first-order valence-corrected chi connectivity index (χ1v) is 10.7. The van der Waals surface area contributed by atoms with E-state index in [4.69, 9.17) is 0 Å².